The van der Waals surface area contributed by atoms with Crippen LogP contribution in [0.25, 0.3) is 0 Å². The minimum Gasteiger partial charge on any atom is -0.466 e. The number of aliphatic hydroxyl groups is 1. The third kappa shape index (κ3) is 3.24. The number of carbonyl (C=O) groups is 2. The van der Waals surface area contributed by atoms with Gasteiger partial charge in [-0.2, -0.15) is 0 Å². The van der Waals surface area contributed by atoms with Crippen LogP contribution in [0.5, 0.6) is 0 Å². The third-order valence-electron chi connectivity index (χ3n) is 5.36. The third-order valence-corrected chi connectivity index (χ3v) is 5.36. The Labute approximate surface area is 157 Å². The summed E-state index contributed by atoms with van der Waals surface area (Å²) in [5, 5.41) is 13.2. The van der Waals surface area contributed by atoms with Crippen molar-refractivity contribution in [3.63, 3.8) is 0 Å². The molecule has 2 atom stereocenters. The highest BCUT2D eigenvalue weighted by Crippen LogP contribution is 2.29. The van der Waals surface area contributed by atoms with Gasteiger partial charge in [-0.3, -0.25) is 14.6 Å². The van der Waals surface area contributed by atoms with Gasteiger partial charge in [-0.1, -0.05) is 24.3 Å². The van der Waals surface area contributed by atoms with Gasteiger partial charge < -0.3 is 14.8 Å². The zero-order valence-electron chi connectivity index (χ0n) is 15.2. The molecule has 2 aliphatic heterocycles. The molecule has 0 aliphatic carbocycles. The van der Waals surface area contributed by atoms with Gasteiger partial charge >= 0.3 is 6.03 Å². The number of aliphatic hydroxyl groups excluding tert-OH is 1. The number of amides is 3. The second-order valence-corrected chi connectivity index (χ2v) is 7.36. The van der Waals surface area contributed by atoms with Crippen molar-refractivity contribution in [2.24, 2.45) is 0 Å². The van der Waals surface area contributed by atoms with Crippen LogP contribution < -0.4 is 5.32 Å². The fourth-order valence-electron chi connectivity index (χ4n) is 3.87. The molecule has 142 valence electrons. The van der Waals surface area contributed by atoms with Gasteiger partial charge in [0.05, 0.1) is 18.9 Å². The maximum atomic E-state index is 12.8. The zero-order chi connectivity index (χ0) is 19.0. The summed E-state index contributed by atoms with van der Waals surface area (Å²) in [6.45, 7) is 3.58. The Morgan fingerprint density at radius 2 is 1.96 bits per heavy atom. The van der Waals surface area contributed by atoms with E-state index in [-0.39, 0.29) is 6.54 Å². The van der Waals surface area contributed by atoms with Gasteiger partial charge in [0, 0.05) is 19.6 Å². The van der Waals surface area contributed by atoms with Crippen molar-refractivity contribution in [3.05, 3.63) is 59.5 Å². The number of carbonyl (C=O) groups excluding carboxylic acids is 2. The molecule has 7 heteroatoms. The van der Waals surface area contributed by atoms with E-state index in [1.165, 1.54) is 17.4 Å². The molecule has 4 rings (SSSR count). The Balaban J connectivity index is 1.39. The Morgan fingerprint density at radius 1 is 1.19 bits per heavy atom. The van der Waals surface area contributed by atoms with Crippen molar-refractivity contribution in [1.82, 2.24) is 15.1 Å². The Morgan fingerprint density at radius 3 is 2.70 bits per heavy atom. The lowest BCUT2D eigenvalue weighted by Gasteiger charge is -2.31. The van der Waals surface area contributed by atoms with Crippen LogP contribution in [0.2, 0.25) is 0 Å². The summed E-state index contributed by atoms with van der Waals surface area (Å²) in [5.74, 6) is -0.0315. The molecule has 3 amide bonds. The predicted octanol–water partition coefficient (Wildman–Crippen LogP) is 1.47. The number of benzene rings is 1. The second kappa shape index (κ2) is 6.83. The van der Waals surface area contributed by atoms with E-state index in [1.54, 1.807) is 19.1 Å². The van der Waals surface area contributed by atoms with Gasteiger partial charge in [0.15, 0.2) is 5.54 Å². The zero-order valence-corrected chi connectivity index (χ0v) is 15.2. The number of furan rings is 1. The van der Waals surface area contributed by atoms with Crippen molar-refractivity contribution in [2.45, 2.75) is 31.5 Å². The van der Waals surface area contributed by atoms with Crippen molar-refractivity contribution < 1.29 is 19.1 Å². The van der Waals surface area contributed by atoms with E-state index in [1.807, 2.05) is 12.1 Å². The highest BCUT2D eigenvalue weighted by atomic mass is 16.3. The average molecular weight is 369 g/mol. The largest absolute Gasteiger partial charge is 0.466 e. The molecule has 1 aromatic carbocycles. The summed E-state index contributed by atoms with van der Waals surface area (Å²) < 4.78 is 5.31. The van der Waals surface area contributed by atoms with Crippen molar-refractivity contribution in [2.75, 3.05) is 19.6 Å². The molecule has 2 aliphatic rings. The molecule has 0 unspecified atom stereocenters. The maximum absolute atomic E-state index is 12.8. The number of hydrogen-bond acceptors (Lipinski definition) is 5. The number of nitrogens with one attached hydrogen (secondary N) is 1. The van der Waals surface area contributed by atoms with Crippen LogP contribution in [0.4, 0.5) is 4.79 Å². The molecule has 0 saturated carbocycles. The van der Waals surface area contributed by atoms with Gasteiger partial charge in [-0.05, 0) is 36.6 Å². The molecule has 1 aromatic heterocycles. The quantitative estimate of drug-likeness (QED) is 0.780. The van der Waals surface area contributed by atoms with Gasteiger partial charge in [0.1, 0.15) is 5.76 Å². The van der Waals surface area contributed by atoms with Crippen molar-refractivity contribution >= 4 is 11.9 Å². The highest BCUT2D eigenvalue weighted by Gasteiger charge is 2.51. The predicted molar refractivity (Wildman–Crippen MR) is 97.7 cm³/mol. The van der Waals surface area contributed by atoms with Crippen molar-refractivity contribution in [1.29, 1.82) is 0 Å². The molecular formula is C20H23N3O4. The van der Waals surface area contributed by atoms with Crippen LogP contribution in [0.15, 0.2) is 47.1 Å². The fourth-order valence-corrected chi connectivity index (χ4v) is 3.87. The van der Waals surface area contributed by atoms with Gasteiger partial charge in [0.2, 0.25) is 0 Å². The first-order valence-corrected chi connectivity index (χ1v) is 9.12. The molecule has 2 aromatic rings. The van der Waals surface area contributed by atoms with Crippen molar-refractivity contribution in [3.8, 4) is 0 Å². The maximum Gasteiger partial charge on any atom is 0.325 e. The minimum absolute atomic E-state index is 0.0425. The first kappa shape index (κ1) is 17.8. The van der Waals surface area contributed by atoms with E-state index in [0.29, 0.717) is 12.3 Å². The average Bonchev–Trinajstić information content (AvgIpc) is 3.26. The topological polar surface area (TPSA) is 86.0 Å². The number of imide groups is 1. The van der Waals surface area contributed by atoms with E-state index in [0.717, 1.165) is 24.4 Å². The smallest absolute Gasteiger partial charge is 0.325 e. The first-order chi connectivity index (χ1) is 13.0. The summed E-state index contributed by atoms with van der Waals surface area (Å²) in [6, 6.07) is 11.1. The summed E-state index contributed by atoms with van der Waals surface area (Å²) >= 11 is 0. The van der Waals surface area contributed by atoms with Crippen LogP contribution >= 0.6 is 0 Å². The lowest BCUT2D eigenvalue weighted by molar-refractivity contribution is -0.132. The van der Waals surface area contributed by atoms with E-state index >= 15 is 0 Å². The van der Waals surface area contributed by atoms with Crippen LogP contribution in [0, 0.1) is 0 Å². The minimum atomic E-state index is -1.23. The molecular weight excluding hydrogens is 346 g/mol. The lowest BCUT2D eigenvalue weighted by atomic mass is 9.99. The first-order valence-electron chi connectivity index (χ1n) is 9.12. The second-order valence-electron chi connectivity index (χ2n) is 7.36. The van der Waals surface area contributed by atoms with Crippen LogP contribution in [0.3, 0.4) is 0 Å². The van der Waals surface area contributed by atoms with Crippen LogP contribution in [0.1, 0.15) is 23.8 Å². The Hall–Kier alpha value is -2.64. The Bertz CT molecular complexity index is 851. The number of nitrogens with zero attached hydrogens (tertiary/aromatic N) is 2. The summed E-state index contributed by atoms with van der Waals surface area (Å²) in [7, 11) is 0. The normalized spacial score (nSPS) is 24.0. The molecule has 0 spiro atoms. The number of fused-ring (bicyclic) bond motifs is 1. The molecule has 3 heterocycles. The van der Waals surface area contributed by atoms with E-state index in [4.69, 9.17) is 4.42 Å². The fraction of sp³-hybridized carbons (Fsp3) is 0.400. The monoisotopic (exact) mass is 369 g/mol. The molecule has 0 bridgehead atoms. The standard InChI is InChI=1S/C20H23N3O4/c1-20(17-7-4-10-27-17)18(25)23(19(26)21-20)13-16(24)12-22-9-8-14-5-2-3-6-15(14)11-22/h2-7,10,16,24H,8-9,11-13H2,1H3,(H,21,26)/t16-,20+/m1/s1. The molecule has 2 N–H and O–H groups in total. The number of hydrogen-bond donors (Lipinski definition) is 2. The van der Waals surface area contributed by atoms with Gasteiger partial charge in [-0.15, -0.1) is 0 Å². The lowest BCUT2D eigenvalue weighted by Crippen LogP contribution is -2.45. The highest BCUT2D eigenvalue weighted by molar-refractivity contribution is 6.06. The molecule has 27 heavy (non-hydrogen) atoms. The van der Waals surface area contributed by atoms with E-state index < -0.39 is 23.6 Å². The van der Waals surface area contributed by atoms with E-state index in [2.05, 4.69) is 22.3 Å². The molecule has 1 saturated heterocycles. The van der Waals surface area contributed by atoms with Crippen LogP contribution in [-0.4, -0.2) is 52.6 Å². The summed E-state index contributed by atoms with van der Waals surface area (Å²) in [6.07, 6.45) is 1.58. The number of β-amino-alcohol motifs (C(OH)–C–C–N with tert-alkyl or cyclic N) is 1. The number of urea groups is 1. The number of rotatable bonds is 5. The molecule has 0 radical (unpaired) electrons. The van der Waals surface area contributed by atoms with Gasteiger partial charge in [-0.25, -0.2) is 4.79 Å². The molecule has 7 nitrogen and oxygen atoms in total. The summed E-state index contributed by atoms with van der Waals surface area (Å²) in [5.41, 5.74) is 1.37. The Kier molecular flexibility index (Phi) is 4.49. The molecule has 1 fully saturated rings. The van der Waals surface area contributed by atoms with Gasteiger partial charge in [0.25, 0.3) is 5.91 Å². The van der Waals surface area contributed by atoms with E-state index in [9.17, 15) is 14.7 Å². The summed E-state index contributed by atoms with van der Waals surface area (Å²) in [4.78, 5) is 28.3. The SMILES string of the molecule is C[C@@]1(c2ccco2)NC(=O)N(C[C@H](O)CN2CCc3ccccc3C2)C1=O. The van der Waals surface area contributed by atoms with Crippen LogP contribution in [-0.2, 0) is 23.3 Å².